The van der Waals surface area contributed by atoms with Gasteiger partial charge in [-0.3, -0.25) is 14.4 Å². The summed E-state index contributed by atoms with van der Waals surface area (Å²) in [6, 6.07) is 13.0. The Hall–Kier alpha value is -4.79. The number of Topliss-reactive ketones (excluding diaryl/α,β-unsaturated/α-hetero) is 2. The first-order valence-corrected chi connectivity index (χ1v) is 14.9. The number of hydrogen-bond donors (Lipinski definition) is 6. The van der Waals surface area contributed by atoms with Crippen LogP contribution in [0.2, 0.25) is 0 Å². The Balaban J connectivity index is 0.000000363. The first kappa shape index (κ1) is 33.7. The molecule has 0 bridgehead atoms. The number of ketones is 3. The van der Waals surface area contributed by atoms with E-state index in [2.05, 4.69) is 0 Å². The largest absolute Gasteiger partial charge is 0.504 e. The molecular formula is C35H40O9. The fourth-order valence-corrected chi connectivity index (χ4v) is 4.96. The molecule has 0 unspecified atom stereocenters. The van der Waals surface area contributed by atoms with Crippen molar-refractivity contribution in [2.75, 3.05) is 0 Å². The van der Waals surface area contributed by atoms with Gasteiger partial charge in [-0.15, -0.1) is 0 Å². The van der Waals surface area contributed by atoms with E-state index < -0.39 is 23.1 Å². The highest BCUT2D eigenvalue weighted by molar-refractivity contribution is 6.49. The van der Waals surface area contributed by atoms with E-state index in [1.807, 2.05) is 12.1 Å². The van der Waals surface area contributed by atoms with Crippen LogP contribution < -0.4 is 0 Å². The van der Waals surface area contributed by atoms with Crippen LogP contribution in [0.5, 0.6) is 34.5 Å². The van der Waals surface area contributed by atoms with Crippen molar-refractivity contribution >= 4 is 23.4 Å². The molecule has 9 heteroatoms. The second-order valence-corrected chi connectivity index (χ2v) is 10.9. The molecule has 0 heterocycles. The van der Waals surface area contributed by atoms with Crippen LogP contribution >= 0.6 is 0 Å². The maximum atomic E-state index is 12.0. The molecule has 0 saturated heterocycles. The number of carbonyl (C=O) groups excluding carboxylic acids is 3. The molecule has 3 aromatic rings. The van der Waals surface area contributed by atoms with E-state index in [-0.39, 0.29) is 28.8 Å². The third kappa shape index (κ3) is 9.62. The summed E-state index contributed by atoms with van der Waals surface area (Å²) in [5, 5.41) is 57.3. The van der Waals surface area contributed by atoms with Crippen LogP contribution in [0.3, 0.4) is 0 Å². The number of hydrogen-bond acceptors (Lipinski definition) is 9. The summed E-state index contributed by atoms with van der Waals surface area (Å²) < 4.78 is 0. The van der Waals surface area contributed by atoms with E-state index in [9.17, 15) is 45.0 Å². The minimum Gasteiger partial charge on any atom is -0.504 e. The Morgan fingerprint density at radius 1 is 0.523 bits per heavy atom. The average molecular weight is 605 g/mol. The Morgan fingerprint density at radius 2 is 1.00 bits per heavy atom. The predicted octanol–water partition coefficient (Wildman–Crippen LogP) is 6.64. The number of phenolic OH excluding ortho intramolecular Hbond substituents is 6. The highest BCUT2D eigenvalue weighted by Crippen LogP contribution is 2.38. The van der Waals surface area contributed by atoms with E-state index in [1.165, 1.54) is 18.2 Å². The zero-order chi connectivity index (χ0) is 32.1. The molecule has 9 nitrogen and oxygen atoms in total. The zero-order valence-electron chi connectivity index (χ0n) is 24.7. The van der Waals surface area contributed by atoms with Gasteiger partial charge in [0.05, 0.1) is 0 Å². The van der Waals surface area contributed by atoms with Gasteiger partial charge < -0.3 is 30.6 Å². The van der Waals surface area contributed by atoms with Crippen molar-refractivity contribution in [3.05, 3.63) is 76.9 Å². The first-order valence-electron chi connectivity index (χ1n) is 14.9. The Bertz CT molecular complexity index is 1420. The average Bonchev–Trinajstić information content (AvgIpc) is 3.02. The molecule has 1 aliphatic rings. The topological polar surface area (TPSA) is 173 Å². The van der Waals surface area contributed by atoms with Crippen molar-refractivity contribution in [2.45, 2.75) is 77.0 Å². The van der Waals surface area contributed by atoms with E-state index in [4.69, 9.17) is 0 Å². The number of unbranched alkanes of at least 4 members (excludes halogenated alkanes) is 6. The summed E-state index contributed by atoms with van der Waals surface area (Å²) in [5.74, 6) is -2.73. The van der Waals surface area contributed by atoms with Gasteiger partial charge in [0.15, 0.2) is 23.0 Å². The normalized spacial score (nSPS) is 12.0. The highest BCUT2D eigenvalue weighted by Gasteiger charge is 2.19. The van der Waals surface area contributed by atoms with Crippen LogP contribution in [-0.4, -0.2) is 48.0 Å². The van der Waals surface area contributed by atoms with Crippen LogP contribution in [0, 0.1) is 0 Å². The maximum absolute atomic E-state index is 12.0. The van der Waals surface area contributed by atoms with Crippen molar-refractivity contribution in [2.24, 2.45) is 0 Å². The van der Waals surface area contributed by atoms with E-state index in [0.717, 1.165) is 56.9 Å². The minimum absolute atomic E-state index is 0.266. The lowest BCUT2D eigenvalue weighted by Gasteiger charge is -2.08. The standard InChI is InChI=1S/C25H34O7.C10H6O2/c26-19(11-7-3-1-5-9-17-13-15-20(27)24(31)22(17)29)12-8-4-2-6-10-18-14-16-21(28)25(32)23(18)30;11-9-6-5-7-3-1-2-4-8(7)10(9)12/h13-16,27-32H,1-12H2;1-6H. The van der Waals surface area contributed by atoms with Crippen molar-refractivity contribution in [1.82, 2.24) is 0 Å². The molecule has 0 aliphatic heterocycles. The molecule has 0 saturated carbocycles. The Kier molecular flexibility index (Phi) is 12.8. The van der Waals surface area contributed by atoms with Gasteiger partial charge in [-0.05, 0) is 73.4 Å². The molecule has 6 N–H and O–H groups in total. The molecular weight excluding hydrogens is 564 g/mol. The van der Waals surface area contributed by atoms with Crippen molar-refractivity contribution in [1.29, 1.82) is 0 Å². The maximum Gasteiger partial charge on any atom is 0.233 e. The summed E-state index contributed by atoms with van der Waals surface area (Å²) >= 11 is 0. The zero-order valence-corrected chi connectivity index (χ0v) is 24.7. The van der Waals surface area contributed by atoms with Gasteiger partial charge >= 0.3 is 0 Å². The van der Waals surface area contributed by atoms with Gasteiger partial charge in [0.25, 0.3) is 0 Å². The highest BCUT2D eigenvalue weighted by atomic mass is 16.3. The monoisotopic (exact) mass is 604 g/mol. The number of carbonyl (C=O) groups is 3. The van der Waals surface area contributed by atoms with Crippen LogP contribution in [0.4, 0.5) is 0 Å². The van der Waals surface area contributed by atoms with Gasteiger partial charge in [0.1, 0.15) is 5.78 Å². The summed E-state index contributed by atoms with van der Waals surface area (Å²) in [6.07, 6.45) is 12.4. The SMILES string of the molecule is O=C(CCCCCCc1ccc(O)c(O)c1O)CCCCCCc1ccc(O)c(O)c1O.O=C1C=Cc2ccccc2C1=O. The minimum atomic E-state index is -0.481. The smallest absolute Gasteiger partial charge is 0.233 e. The van der Waals surface area contributed by atoms with Gasteiger partial charge in [-0.2, -0.15) is 0 Å². The lowest BCUT2D eigenvalue weighted by molar-refractivity contribution is -0.119. The molecule has 0 atom stereocenters. The molecule has 0 radical (unpaired) electrons. The number of phenols is 6. The number of fused-ring (bicyclic) bond motifs is 1. The van der Waals surface area contributed by atoms with E-state index >= 15 is 0 Å². The third-order valence-corrected chi connectivity index (χ3v) is 7.57. The Morgan fingerprint density at radius 3 is 1.52 bits per heavy atom. The molecule has 234 valence electrons. The van der Waals surface area contributed by atoms with Crippen LogP contribution in [0.15, 0.2) is 54.6 Å². The molecule has 0 fully saturated rings. The lowest BCUT2D eigenvalue weighted by Crippen LogP contribution is -2.15. The number of aryl methyl sites for hydroxylation is 2. The summed E-state index contributed by atoms with van der Waals surface area (Å²) in [6.45, 7) is 0. The molecule has 4 rings (SSSR count). The van der Waals surface area contributed by atoms with Crippen molar-refractivity contribution in [3.63, 3.8) is 0 Å². The van der Waals surface area contributed by atoms with Crippen molar-refractivity contribution in [3.8, 4) is 34.5 Å². The first-order chi connectivity index (χ1) is 21.1. The van der Waals surface area contributed by atoms with Crippen molar-refractivity contribution < 1.29 is 45.0 Å². The third-order valence-electron chi connectivity index (χ3n) is 7.57. The number of allylic oxidation sites excluding steroid dienone is 1. The van der Waals surface area contributed by atoms with Gasteiger partial charge in [0.2, 0.25) is 23.1 Å². The lowest BCUT2D eigenvalue weighted by atomic mass is 9.96. The summed E-state index contributed by atoms with van der Waals surface area (Å²) in [7, 11) is 0. The fraction of sp³-hybridized carbons (Fsp3) is 0.343. The molecule has 44 heavy (non-hydrogen) atoms. The predicted molar refractivity (Wildman–Crippen MR) is 166 cm³/mol. The van der Waals surface area contributed by atoms with Gasteiger partial charge in [0, 0.05) is 18.4 Å². The summed E-state index contributed by atoms with van der Waals surface area (Å²) in [5.41, 5.74) is 2.54. The molecule has 0 aromatic heterocycles. The quantitative estimate of drug-likeness (QED) is 0.0670. The van der Waals surface area contributed by atoms with Gasteiger partial charge in [-0.25, -0.2) is 0 Å². The van der Waals surface area contributed by atoms with Crippen LogP contribution in [-0.2, 0) is 22.4 Å². The van der Waals surface area contributed by atoms with E-state index in [0.29, 0.717) is 42.4 Å². The number of rotatable bonds is 14. The Labute approximate surface area is 256 Å². The second-order valence-electron chi connectivity index (χ2n) is 10.9. The fourth-order valence-electron chi connectivity index (χ4n) is 4.96. The van der Waals surface area contributed by atoms with Crippen LogP contribution in [0.1, 0.15) is 91.3 Å². The molecule has 0 spiro atoms. The molecule has 1 aliphatic carbocycles. The second kappa shape index (κ2) is 16.7. The molecule has 0 amide bonds. The number of aromatic hydroxyl groups is 6. The number of benzene rings is 3. The van der Waals surface area contributed by atoms with E-state index in [1.54, 1.807) is 30.3 Å². The molecule has 3 aromatic carbocycles. The summed E-state index contributed by atoms with van der Waals surface area (Å²) in [4.78, 5) is 34.1. The van der Waals surface area contributed by atoms with Crippen LogP contribution in [0.25, 0.3) is 6.08 Å². The van der Waals surface area contributed by atoms with Gasteiger partial charge in [-0.1, -0.05) is 68.2 Å².